The molecule has 3 aromatic heterocycles. The minimum atomic E-state index is 0.0572. The number of carbonyl (C=O) groups excluding carboxylic acids is 1. The van der Waals surface area contributed by atoms with E-state index >= 15 is 0 Å². The summed E-state index contributed by atoms with van der Waals surface area (Å²) in [6.45, 7) is 5.15. The van der Waals surface area contributed by atoms with E-state index < -0.39 is 0 Å². The molecule has 1 unspecified atom stereocenters. The number of nitrogens with zero attached hydrogens (tertiary/aromatic N) is 5. The molecule has 8 nitrogen and oxygen atoms in total. The van der Waals surface area contributed by atoms with Gasteiger partial charge in [-0.15, -0.1) is 10.2 Å². The van der Waals surface area contributed by atoms with Crippen LogP contribution in [0.25, 0.3) is 11.6 Å². The standard InChI is InChI=1S/C20H23N5O3/c1-13-16(14(2)28-24-13)8-9-18(26)25-11-5-6-15(12-25)19-22-23-20(27-19)17-7-3-4-10-21-17/h3-4,7,10,15H,5-6,8-9,11-12H2,1-2H3. The van der Waals surface area contributed by atoms with Crippen LogP contribution < -0.4 is 0 Å². The normalized spacial score (nSPS) is 17.1. The molecule has 1 fully saturated rings. The predicted octanol–water partition coefficient (Wildman–Crippen LogP) is 3.08. The number of pyridine rings is 1. The summed E-state index contributed by atoms with van der Waals surface area (Å²) < 4.78 is 11.0. The number of amides is 1. The average molecular weight is 381 g/mol. The van der Waals surface area contributed by atoms with Crippen molar-refractivity contribution in [3.63, 3.8) is 0 Å². The maximum Gasteiger partial charge on any atom is 0.266 e. The molecule has 8 heteroatoms. The summed E-state index contributed by atoms with van der Waals surface area (Å²) >= 11 is 0. The van der Waals surface area contributed by atoms with Crippen LogP contribution in [0.2, 0.25) is 0 Å². The predicted molar refractivity (Wildman–Crippen MR) is 100 cm³/mol. The highest BCUT2D eigenvalue weighted by atomic mass is 16.5. The molecule has 3 aromatic rings. The van der Waals surface area contributed by atoms with Crippen molar-refractivity contribution in [1.29, 1.82) is 0 Å². The zero-order valence-corrected chi connectivity index (χ0v) is 16.1. The van der Waals surface area contributed by atoms with Gasteiger partial charge in [0.2, 0.25) is 11.8 Å². The number of carbonyl (C=O) groups is 1. The van der Waals surface area contributed by atoms with E-state index in [1.807, 2.05) is 36.9 Å². The molecule has 146 valence electrons. The molecule has 0 aromatic carbocycles. The van der Waals surface area contributed by atoms with E-state index in [0.29, 0.717) is 36.9 Å². The van der Waals surface area contributed by atoms with Crippen LogP contribution in [0.15, 0.2) is 33.3 Å². The summed E-state index contributed by atoms with van der Waals surface area (Å²) in [5, 5.41) is 12.3. The second-order valence-electron chi connectivity index (χ2n) is 7.14. The lowest BCUT2D eigenvalue weighted by molar-refractivity contribution is -0.132. The minimum absolute atomic E-state index is 0.0572. The van der Waals surface area contributed by atoms with Gasteiger partial charge in [-0.1, -0.05) is 11.2 Å². The van der Waals surface area contributed by atoms with Crippen LogP contribution in [0.3, 0.4) is 0 Å². The van der Waals surface area contributed by atoms with Gasteiger partial charge in [-0.25, -0.2) is 0 Å². The van der Waals surface area contributed by atoms with Gasteiger partial charge >= 0.3 is 0 Å². The van der Waals surface area contributed by atoms with Crippen molar-refractivity contribution >= 4 is 5.91 Å². The quantitative estimate of drug-likeness (QED) is 0.670. The SMILES string of the molecule is Cc1noc(C)c1CCC(=O)N1CCCC(c2nnc(-c3ccccn3)o2)C1. The maximum absolute atomic E-state index is 12.7. The van der Waals surface area contributed by atoms with Gasteiger partial charge in [-0.2, -0.15) is 0 Å². The molecule has 28 heavy (non-hydrogen) atoms. The maximum atomic E-state index is 12.7. The number of hydrogen-bond donors (Lipinski definition) is 0. The van der Waals surface area contributed by atoms with Gasteiger partial charge in [-0.3, -0.25) is 9.78 Å². The number of piperidine rings is 1. The molecule has 0 radical (unpaired) electrons. The molecule has 1 saturated heterocycles. The van der Waals surface area contributed by atoms with Gasteiger partial charge in [0.05, 0.1) is 11.6 Å². The lowest BCUT2D eigenvalue weighted by atomic mass is 9.97. The first kappa shape index (κ1) is 18.3. The van der Waals surface area contributed by atoms with E-state index in [9.17, 15) is 4.79 Å². The molecule has 1 amide bonds. The lowest BCUT2D eigenvalue weighted by Gasteiger charge is -2.31. The monoisotopic (exact) mass is 381 g/mol. The molecule has 0 spiro atoms. The molecule has 0 N–H and O–H groups in total. The Morgan fingerprint density at radius 3 is 2.93 bits per heavy atom. The molecule has 4 heterocycles. The molecule has 4 rings (SSSR count). The lowest BCUT2D eigenvalue weighted by Crippen LogP contribution is -2.39. The van der Waals surface area contributed by atoms with E-state index in [1.54, 1.807) is 6.20 Å². The number of aryl methyl sites for hydroxylation is 2. The molecule has 0 bridgehead atoms. The Hall–Kier alpha value is -3.03. The molecule has 0 aliphatic carbocycles. The summed E-state index contributed by atoms with van der Waals surface area (Å²) in [5.74, 6) is 1.96. The first-order valence-electron chi connectivity index (χ1n) is 9.56. The summed E-state index contributed by atoms with van der Waals surface area (Å²) in [7, 11) is 0. The summed E-state index contributed by atoms with van der Waals surface area (Å²) in [6, 6.07) is 5.56. The van der Waals surface area contributed by atoms with Gasteiger partial charge < -0.3 is 13.8 Å². The molecular formula is C20H23N5O3. The van der Waals surface area contributed by atoms with Crippen LogP contribution in [0, 0.1) is 13.8 Å². The van der Waals surface area contributed by atoms with Crippen molar-refractivity contribution < 1.29 is 13.7 Å². The Labute approximate surface area is 162 Å². The Bertz CT molecular complexity index is 930. The zero-order chi connectivity index (χ0) is 19.5. The highest BCUT2D eigenvalue weighted by molar-refractivity contribution is 5.76. The first-order valence-corrected chi connectivity index (χ1v) is 9.56. The Morgan fingerprint density at radius 2 is 2.18 bits per heavy atom. The number of hydrogen-bond acceptors (Lipinski definition) is 7. The van der Waals surface area contributed by atoms with Crippen molar-refractivity contribution in [2.24, 2.45) is 0 Å². The summed E-state index contributed by atoms with van der Waals surface area (Å²) in [5.41, 5.74) is 2.54. The van der Waals surface area contributed by atoms with Crippen molar-refractivity contribution in [1.82, 2.24) is 25.2 Å². The highest BCUT2D eigenvalue weighted by Gasteiger charge is 2.28. The van der Waals surface area contributed by atoms with Gasteiger partial charge in [0.1, 0.15) is 11.5 Å². The third-order valence-corrected chi connectivity index (χ3v) is 5.22. The largest absolute Gasteiger partial charge is 0.419 e. The second-order valence-corrected chi connectivity index (χ2v) is 7.14. The highest BCUT2D eigenvalue weighted by Crippen LogP contribution is 2.28. The fraction of sp³-hybridized carbons (Fsp3) is 0.450. The molecule has 0 saturated carbocycles. The smallest absolute Gasteiger partial charge is 0.266 e. The second kappa shape index (κ2) is 7.92. The fourth-order valence-electron chi connectivity index (χ4n) is 3.65. The Balaban J connectivity index is 1.39. The third-order valence-electron chi connectivity index (χ3n) is 5.22. The Morgan fingerprint density at radius 1 is 1.29 bits per heavy atom. The van der Waals surface area contributed by atoms with Crippen molar-refractivity contribution in [3.8, 4) is 11.6 Å². The van der Waals surface area contributed by atoms with Crippen molar-refractivity contribution in [3.05, 3.63) is 47.3 Å². The molecule has 1 aliphatic heterocycles. The average Bonchev–Trinajstić information content (AvgIpc) is 3.34. The number of likely N-dealkylation sites (tertiary alicyclic amines) is 1. The van der Waals surface area contributed by atoms with E-state index in [1.165, 1.54) is 0 Å². The Kier molecular flexibility index (Phi) is 5.18. The fourth-order valence-corrected chi connectivity index (χ4v) is 3.65. The van der Waals surface area contributed by atoms with Crippen LogP contribution in [0.4, 0.5) is 0 Å². The van der Waals surface area contributed by atoms with Crippen LogP contribution in [0.1, 0.15) is 48.1 Å². The van der Waals surface area contributed by atoms with E-state index in [2.05, 4.69) is 20.3 Å². The van der Waals surface area contributed by atoms with Crippen LogP contribution in [-0.2, 0) is 11.2 Å². The zero-order valence-electron chi connectivity index (χ0n) is 16.1. The molecule has 1 atom stereocenters. The summed E-state index contributed by atoms with van der Waals surface area (Å²) in [6.07, 6.45) is 4.63. The van der Waals surface area contributed by atoms with Gasteiger partial charge in [-0.05, 0) is 45.2 Å². The number of rotatable bonds is 5. The molecular weight excluding hydrogens is 358 g/mol. The van der Waals surface area contributed by atoms with Gasteiger partial charge in [0, 0.05) is 31.3 Å². The van der Waals surface area contributed by atoms with Gasteiger partial charge in [0.25, 0.3) is 5.89 Å². The van der Waals surface area contributed by atoms with Crippen molar-refractivity contribution in [2.75, 3.05) is 13.1 Å². The minimum Gasteiger partial charge on any atom is -0.419 e. The van der Waals surface area contributed by atoms with Crippen LogP contribution in [-0.4, -0.2) is 44.2 Å². The van der Waals surface area contributed by atoms with Gasteiger partial charge in [0.15, 0.2) is 0 Å². The molecule has 1 aliphatic rings. The summed E-state index contributed by atoms with van der Waals surface area (Å²) in [4.78, 5) is 18.9. The van der Waals surface area contributed by atoms with Crippen LogP contribution in [0.5, 0.6) is 0 Å². The van der Waals surface area contributed by atoms with Crippen molar-refractivity contribution in [2.45, 2.75) is 45.4 Å². The van der Waals surface area contributed by atoms with E-state index in [0.717, 1.165) is 36.4 Å². The third kappa shape index (κ3) is 3.81. The van der Waals surface area contributed by atoms with E-state index in [-0.39, 0.29) is 11.8 Å². The number of aromatic nitrogens is 4. The van der Waals surface area contributed by atoms with E-state index in [4.69, 9.17) is 8.94 Å². The topological polar surface area (TPSA) is 98.2 Å². The first-order chi connectivity index (χ1) is 13.6. The van der Waals surface area contributed by atoms with Crippen LogP contribution >= 0.6 is 0 Å².